The average molecular weight is 650 g/mol. The first-order chi connectivity index (χ1) is 23.0. The van der Waals surface area contributed by atoms with Gasteiger partial charge in [-0.2, -0.15) is 0 Å². The van der Waals surface area contributed by atoms with Gasteiger partial charge in [-0.05, 0) is 70.6 Å². The highest BCUT2D eigenvalue weighted by molar-refractivity contribution is 6.30. The molecule has 240 valence electrons. The van der Waals surface area contributed by atoms with Crippen molar-refractivity contribution >= 4 is 29.5 Å². The maximum atomic E-state index is 14.5. The van der Waals surface area contributed by atoms with Crippen molar-refractivity contribution in [3.8, 4) is 5.75 Å². The van der Waals surface area contributed by atoms with Crippen LogP contribution in [0.1, 0.15) is 46.8 Å². The van der Waals surface area contributed by atoms with Crippen LogP contribution in [0.2, 0.25) is 5.02 Å². The van der Waals surface area contributed by atoms with Crippen molar-refractivity contribution < 1.29 is 19.4 Å². The number of carbonyl (C=O) groups excluding carboxylic acids is 1. The topological polar surface area (TPSA) is 129 Å². The van der Waals surface area contributed by atoms with Crippen molar-refractivity contribution in [2.45, 2.75) is 37.5 Å². The third-order valence-corrected chi connectivity index (χ3v) is 8.03. The number of amides is 1. The predicted octanol–water partition coefficient (Wildman–Crippen LogP) is 7.63. The van der Waals surface area contributed by atoms with Gasteiger partial charge in [-0.25, -0.2) is 4.99 Å². The highest BCUT2D eigenvalue weighted by Gasteiger charge is 2.53. The highest BCUT2D eigenvalue weighted by Crippen LogP contribution is 2.44. The quantitative estimate of drug-likeness (QED) is 0.0593. The van der Waals surface area contributed by atoms with E-state index in [1.807, 2.05) is 115 Å². The third-order valence-electron chi connectivity index (χ3n) is 7.80. The molecule has 0 bridgehead atoms. The summed E-state index contributed by atoms with van der Waals surface area (Å²) < 4.78 is 12.4. The van der Waals surface area contributed by atoms with Crippen LogP contribution >= 0.6 is 11.6 Å². The molecule has 4 aromatic rings. The Kier molecular flexibility index (Phi) is 11.7. The lowest BCUT2D eigenvalue weighted by Crippen LogP contribution is -2.48. The van der Waals surface area contributed by atoms with Crippen LogP contribution in [0.5, 0.6) is 5.75 Å². The van der Waals surface area contributed by atoms with Crippen molar-refractivity contribution in [2.75, 3.05) is 19.8 Å². The summed E-state index contributed by atoms with van der Waals surface area (Å²) in [5.41, 5.74) is 11.8. The minimum Gasteiger partial charge on any atom is -0.494 e. The number of aliphatic hydroxyl groups excluding tert-OH is 1. The van der Waals surface area contributed by atoms with Gasteiger partial charge < -0.3 is 19.9 Å². The molecule has 1 aliphatic heterocycles. The Morgan fingerprint density at radius 1 is 1.06 bits per heavy atom. The number of ether oxygens (including phenoxy) is 2. The average Bonchev–Trinajstić information content (AvgIpc) is 3.49. The number of hydrogen-bond donors (Lipinski definition) is 2. The smallest absolute Gasteiger partial charge is 0.252 e. The first kappa shape index (κ1) is 33.3. The molecule has 1 amide bonds. The van der Waals surface area contributed by atoms with E-state index in [0.717, 1.165) is 16.7 Å². The minimum atomic E-state index is -1.39. The van der Waals surface area contributed by atoms with Crippen LogP contribution in [0.25, 0.3) is 16.5 Å². The van der Waals surface area contributed by atoms with Crippen LogP contribution < -0.4 is 10.1 Å². The van der Waals surface area contributed by atoms with Crippen molar-refractivity contribution in [2.24, 2.45) is 10.1 Å². The summed E-state index contributed by atoms with van der Waals surface area (Å²) in [7, 11) is 0. The zero-order valence-electron chi connectivity index (χ0n) is 25.8. The normalized spacial score (nSPS) is 17.1. The maximum Gasteiger partial charge on any atom is 0.252 e. The molecule has 0 radical (unpaired) electrons. The van der Waals surface area contributed by atoms with Crippen LogP contribution in [0.3, 0.4) is 0 Å². The van der Waals surface area contributed by atoms with E-state index in [1.54, 1.807) is 0 Å². The molecule has 47 heavy (non-hydrogen) atoms. The van der Waals surface area contributed by atoms with Gasteiger partial charge in [-0.1, -0.05) is 95.6 Å². The third kappa shape index (κ3) is 8.60. The second kappa shape index (κ2) is 16.5. The fraction of sp³-hybridized carbons (Fsp3) is 0.243. The van der Waals surface area contributed by atoms with Gasteiger partial charge >= 0.3 is 0 Å². The van der Waals surface area contributed by atoms with E-state index in [-0.39, 0.29) is 25.5 Å². The Hall–Kier alpha value is -5.08. The summed E-state index contributed by atoms with van der Waals surface area (Å²) in [6, 6.07) is 32.2. The molecule has 2 atom stereocenters. The maximum absolute atomic E-state index is 14.5. The predicted molar refractivity (Wildman–Crippen MR) is 184 cm³/mol. The van der Waals surface area contributed by atoms with Crippen LogP contribution in [-0.4, -0.2) is 42.2 Å². The number of benzene rings is 4. The molecule has 0 spiro atoms. The molecule has 0 saturated carbocycles. The first-order valence-electron chi connectivity index (χ1n) is 15.5. The Bertz CT molecular complexity index is 1760. The minimum absolute atomic E-state index is 0.0488. The summed E-state index contributed by atoms with van der Waals surface area (Å²) in [6.07, 6.45) is 4.43. The number of rotatable bonds is 15. The van der Waals surface area contributed by atoms with Crippen molar-refractivity contribution in [1.29, 1.82) is 0 Å². The molecule has 9 nitrogen and oxygen atoms in total. The zero-order chi connectivity index (χ0) is 32.9. The number of nitrogens with one attached hydrogen (secondary N) is 1. The highest BCUT2D eigenvalue weighted by atomic mass is 35.5. The Labute approximate surface area is 279 Å². The van der Waals surface area contributed by atoms with Crippen LogP contribution in [0.15, 0.2) is 119 Å². The Balaban J connectivity index is 1.54. The molecule has 0 aromatic heterocycles. The second-order valence-corrected chi connectivity index (χ2v) is 11.5. The van der Waals surface area contributed by atoms with Crippen molar-refractivity contribution in [3.63, 3.8) is 0 Å². The molecule has 0 aliphatic carbocycles. The number of halogens is 1. The van der Waals surface area contributed by atoms with Gasteiger partial charge in [0.2, 0.25) is 5.90 Å². The standard InChI is InChI=1S/C37H36ClN5O4/c38-31-14-6-11-28(25-31)20-22-40-36(45)37(21-7-12-27-9-2-1-3-10-27)34(33-15-5-4-13-30(33)26-41-43-39)47-35(42-37)29-16-18-32(19-17-29)46-24-8-23-44/h1-7,9-19,25,34,44H,8,20-24,26H2,(H,40,45)/b12-7+/t34-,37-/m1/s1. The van der Waals surface area contributed by atoms with Gasteiger partial charge in [0.15, 0.2) is 11.6 Å². The largest absolute Gasteiger partial charge is 0.494 e. The van der Waals surface area contributed by atoms with Crippen molar-refractivity contribution in [1.82, 2.24) is 5.32 Å². The van der Waals surface area contributed by atoms with Gasteiger partial charge in [-0.15, -0.1) is 0 Å². The molecule has 0 fully saturated rings. The number of nitrogens with zero attached hydrogens (tertiary/aromatic N) is 4. The molecular weight excluding hydrogens is 614 g/mol. The summed E-state index contributed by atoms with van der Waals surface area (Å²) >= 11 is 6.20. The number of aliphatic hydroxyl groups is 1. The summed E-state index contributed by atoms with van der Waals surface area (Å²) in [5, 5.41) is 16.7. The molecule has 1 aliphatic rings. The van der Waals surface area contributed by atoms with Gasteiger partial charge in [0.05, 0.1) is 13.2 Å². The van der Waals surface area contributed by atoms with Crippen LogP contribution in [0.4, 0.5) is 0 Å². The zero-order valence-corrected chi connectivity index (χ0v) is 26.6. The van der Waals surface area contributed by atoms with Crippen LogP contribution in [-0.2, 0) is 22.5 Å². The molecule has 0 saturated heterocycles. The van der Waals surface area contributed by atoms with E-state index in [4.69, 9.17) is 36.7 Å². The second-order valence-electron chi connectivity index (χ2n) is 11.0. The number of hydrogen-bond acceptors (Lipinski definition) is 6. The summed E-state index contributed by atoms with van der Waals surface area (Å²) in [6.45, 7) is 0.895. The molecule has 10 heteroatoms. The van der Waals surface area contributed by atoms with E-state index in [0.29, 0.717) is 53.8 Å². The van der Waals surface area contributed by atoms with Gasteiger partial charge in [0.1, 0.15) is 5.75 Å². The Morgan fingerprint density at radius 3 is 2.62 bits per heavy atom. The monoisotopic (exact) mass is 649 g/mol. The molecule has 0 unspecified atom stereocenters. The van der Waals surface area contributed by atoms with E-state index >= 15 is 0 Å². The van der Waals surface area contributed by atoms with E-state index < -0.39 is 11.6 Å². The fourth-order valence-corrected chi connectivity index (χ4v) is 5.65. The first-order valence-corrected chi connectivity index (χ1v) is 15.8. The lowest BCUT2D eigenvalue weighted by Gasteiger charge is -2.31. The van der Waals surface area contributed by atoms with Crippen LogP contribution in [0, 0.1) is 0 Å². The van der Waals surface area contributed by atoms with Crippen molar-refractivity contribution in [3.05, 3.63) is 152 Å². The summed E-state index contributed by atoms with van der Waals surface area (Å²) in [4.78, 5) is 22.5. The van der Waals surface area contributed by atoms with Gasteiger partial charge in [0.25, 0.3) is 5.91 Å². The lowest BCUT2D eigenvalue weighted by atomic mass is 9.82. The fourth-order valence-electron chi connectivity index (χ4n) is 5.44. The number of carbonyl (C=O) groups is 1. The van der Waals surface area contributed by atoms with Gasteiger partial charge in [0, 0.05) is 41.5 Å². The molecule has 1 heterocycles. The number of aliphatic imine (C=N–C) groups is 1. The molecule has 4 aromatic carbocycles. The van der Waals surface area contributed by atoms with Gasteiger partial charge in [-0.3, -0.25) is 4.79 Å². The van der Waals surface area contributed by atoms with E-state index in [1.165, 1.54) is 0 Å². The molecule has 2 N–H and O–H groups in total. The summed E-state index contributed by atoms with van der Waals surface area (Å²) in [5.74, 6) is 0.668. The number of azide groups is 1. The SMILES string of the molecule is [N-]=[N+]=NCc1ccccc1[C@H]1OC(c2ccc(OCCCO)cc2)=N[C@@]1(C/C=C/c1ccccc1)C(=O)NCCc1cccc(Cl)c1. The van der Waals surface area contributed by atoms with E-state index in [9.17, 15) is 4.79 Å². The van der Waals surface area contributed by atoms with E-state index in [2.05, 4.69) is 15.3 Å². The molecular formula is C37H36ClN5O4. The Morgan fingerprint density at radius 2 is 1.85 bits per heavy atom. The lowest BCUT2D eigenvalue weighted by molar-refractivity contribution is -0.128. The molecule has 5 rings (SSSR count).